The molecule has 1 saturated carbocycles. The molecular formula is C11H17NO. The third-order valence-corrected chi connectivity index (χ3v) is 3.10. The van der Waals surface area contributed by atoms with Crippen LogP contribution in [0, 0.1) is 0 Å². The van der Waals surface area contributed by atoms with E-state index in [1.807, 2.05) is 6.08 Å². The van der Waals surface area contributed by atoms with Crippen molar-refractivity contribution < 1.29 is 4.79 Å². The van der Waals surface area contributed by atoms with Crippen molar-refractivity contribution >= 4 is 5.91 Å². The van der Waals surface area contributed by atoms with Gasteiger partial charge in [0.1, 0.15) is 0 Å². The molecular weight excluding hydrogens is 162 g/mol. The molecule has 1 heterocycles. The number of carbonyl (C=O) groups excluding carboxylic acids is 1. The molecule has 2 rings (SSSR count). The average molecular weight is 179 g/mol. The van der Waals surface area contributed by atoms with E-state index in [0.29, 0.717) is 6.04 Å². The Morgan fingerprint density at radius 1 is 1.23 bits per heavy atom. The number of amides is 1. The zero-order valence-corrected chi connectivity index (χ0v) is 8.04. The van der Waals surface area contributed by atoms with Gasteiger partial charge < -0.3 is 4.90 Å². The molecule has 0 bridgehead atoms. The SMILES string of the molecule is O=C1C=CCCN1C1CCCCC1. The topological polar surface area (TPSA) is 20.3 Å². The smallest absolute Gasteiger partial charge is 0.246 e. The third kappa shape index (κ3) is 1.93. The first-order chi connectivity index (χ1) is 6.38. The van der Waals surface area contributed by atoms with Gasteiger partial charge in [0.25, 0.3) is 0 Å². The van der Waals surface area contributed by atoms with Crippen molar-refractivity contribution in [3.63, 3.8) is 0 Å². The Morgan fingerprint density at radius 3 is 2.69 bits per heavy atom. The molecule has 0 N–H and O–H groups in total. The van der Waals surface area contributed by atoms with Crippen molar-refractivity contribution in [2.45, 2.75) is 44.6 Å². The molecule has 0 aromatic heterocycles. The fourth-order valence-electron chi connectivity index (χ4n) is 2.36. The Bertz CT molecular complexity index is 216. The maximum atomic E-state index is 11.5. The van der Waals surface area contributed by atoms with E-state index < -0.39 is 0 Å². The quantitative estimate of drug-likeness (QED) is 0.603. The molecule has 1 aliphatic carbocycles. The second-order valence-corrected chi connectivity index (χ2v) is 4.01. The number of rotatable bonds is 1. The predicted molar refractivity (Wildman–Crippen MR) is 52.3 cm³/mol. The van der Waals surface area contributed by atoms with Crippen LogP contribution in [0.25, 0.3) is 0 Å². The molecule has 0 saturated heterocycles. The second-order valence-electron chi connectivity index (χ2n) is 4.01. The fourth-order valence-corrected chi connectivity index (χ4v) is 2.36. The molecule has 0 radical (unpaired) electrons. The first-order valence-electron chi connectivity index (χ1n) is 5.35. The van der Waals surface area contributed by atoms with Gasteiger partial charge in [-0.1, -0.05) is 25.3 Å². The Morgan fingerprint density at radius 2 is 2.00 bits per heavy atom. The van der Waals surface area contributed by atoms with Crippen LogP contribution in [0.15, 0.2) is 12.2 Å². The summed E-state index contributed by atoms with van der Waals surface area (Å²) in [6, 6.07) is 0.547. The highest BCUT2D eigenvalue weighted by Gasteiger charge is 2.24. The summed E-state index contributed by atoms with van der Waals surface area (Å²) in [6.45, 7) is 0.944. The molecule has 0 unspecified atom stereocenters. The Balaban J connectivity index is 1.98. The van der Waals surface area contributed by atoms with E-state index in [1.54, 1.807) is 6.08 Å². The third-order valence-electron chi connectivity index (χ3n) is 3.10. The van der Waals surface area contributed by atoms with Crippen LogP contribution in [0.5, 0.6) is 0 Å². The molecule has 72 valence electrons. The summed E-state index contributed by atoms with van der Waals surface area (Å²) in [6.07, 6.45) is 11.2. The second kappa shape index (κ2) is 3.95. The number of hydrogen-bond acceptors (Lipinski definition) is 1. The Hall–Kier alpha value is -0.790. The largest absolute Gasteiger partial charge is 0.336 e. The lowest BCUT2D eigenvalue weighted by atomic mass is 9.93. The minimum atomic E-state index is 0.234. The molecule has 13 heavy (non-hydrogen) atoms. The average Bonchev–Trinajstić information content (AvgIpc) is 2.20. The highest BCUT2D eigenvalue weighted by Crippen LogP contribution is 2.24. The monoisotopic (exact) mass is 179 g/mol. The molecule has 2 heteroatoms. The summed E-state index contributed by atoms with van der Waals surface area (Å²) in [7, 11) is 0. The molecule has 2 nitrogen and oxygen atoms in total. The predicted octanol–water partition coefficient (Wildman–Crippen LogP) is 2.11. The highest BCUT2D eigenvalue weighted by molar-refractivity contribution is 5.88. The lowest BCUT2D eigenvalue weighted by Crippen LogP contribution is -2.42. The van der Waals surface area contributed by atoms with Crippen molar-refractivity contribution in [1.82, 2.24) is 4.90 Å². The summed E-state index contributed by atoms with van der Waals surface area (Å²) in [4.78, 5) is 13.6. The number of nitrogens with zero attached hydrogens (tertiary/aromatic N) is 1. The fraction of sp³-hybridized carbons (Fsp3) is 0.727. The van der Waals surface area contributed by atoms with Crippen molar-refractivity contribution in [1.29, 1.82) is 0 Å². The van der Waals surface area contributed by atoms with E-state index in [-0.39, 0.29) is 5.91 Å². The molecule has 0 spiro atoms. The Kier molecular flexibility index (Phi) is 2.67. The van der Waals surface area contributed by atoms with Crippen LogP contribution in [0.4, 0.5) is 0 Å². The van der Waals surface area contributed by atoms with Crippen LogP contribution in [0.1, 0.15) is 38.5 Å². The molecule has 0 aromatic carbocycles. The minimum Gasteiger partial charge on any atom is -0.336 e. The normalized spacial score (nSPS) is 25.2. The van der Waals surface area contributed by atoms with Gasteiger partial charge in [-0.15, -0.1) is 0 Å². The summed E-state index contributed by atoms with van der Waals surface area (Å²) in [5.74, 6) is 0.234. The van der Waals surface area contributed by atoms with Crippen molar-refractivity contribution in [3.05, 3.63) is 12.2 Å². The van der Waals surface area contributed by atoms with Crippen molar-refractivity contribution in [2.75, 3.05) is 6.54 Å². The van der Waals surface area contributed by atoms with Gasteiger partial charge in [0, 0.05) is 12.6 Å². The molecule has 1 fully saturated rings. The van der Waals surface area contributed by atoms with E-state index >= 15 is 0 Å². The van der Waals surface area contributed by atoms with Crippen molar-refractivity contribution in [3.8, 4) is 0 Å². The maximum Gasteiger partial charge on any atom is 0.246 e. The van der Waals surface area contributed by atoms with Crippen LogP contribution in [0.3, 0.4) is 0 Å². The van der Waals surface area contributed by atoms with E-state index in [4.69, 9.17) is 0 Å². The first-order valence-corrected chi connectivity index (χ1v) is 5.35. The van der Waals surface area contributed by atoms with Crippen LogP contribution in [-0.2, 0) is 4.79 Å². The first kappa shape index (κ1) is 8.79. The van der Waals surface area contributed by atoms with Gasteiger partial charge in [-0.25, -0.2) is 0 Å². The molecule has 2 aliphatic rings. The van der Waals surface area contributed by atoms with Gasteiger partial charge in [0.15, 0.2) is 0 Å². The standard InChI is InChI=1S/C11H17NO/c13-11-8-4-5-9-12(11)10-6-2-1-3-7-10/h4,8,10H,1-3,5-7,9H2. The van der Waals surface area contributed by atoms with Gasteiger partial charge in [-0.3, -0.25) is 4.79 Å². The summed E-state index contributed by atoms with van der Waals surface area (Å²) in [5.41, 5.74) is 0. The van der Waals surface area contributed by atoms with Crippen LogP contribution >= 0.6 is 0 Å². The Labute approximate surface area is 79.6 Å². The summed E-state index contributed by atoms with van der Waals surface area (Å²) < 4.78 is 0. The van der Waals surface area contributed by atoms with Crippen LogP contribution < -0.4 is 0 Å². The zero-order valence-electron chi connectivity index (χ0n) is 8.04. The van der Waals surface area contributed by atoms with Crippen molar-refractivity contribution in [2.24, 2.45) is 0 Å². The van der Waals surface area contributed by atoms with Crippen LogP contribution in [-0.4, -0.2) is 23.4 Å². The van der Waals surface area contributed by atoms with E-state index in [0.717, 1.165) is 13.0 Å². The maximum absolute atomic E-state index is 11.5. The zero-order chi connectivity index (χ0) is 9.10. The van der Waals surface area contributed by atoms with Gasteiger partial charge in [0.2, 0.25) is 5.91 Å². The van der Waals surface area contributed by atoms with Gasteiger partial charge in [-0.2, -0.15) is 0 Å². The summed E-state index contributed by atoms with van der Waals surface area (Å²) >= 11 is 0. The van der Waals surface area contributed by atoms with Gasteiger partial charge >= 0.3 is 0 Å². The van der Waals surface area contributed by atoms with Crippen LogP contribution in [0.2, 0.25) is 0 Å². The highest BCUT2D eigenvalue weighted by atomic mass is 16.2. The van der Waals surface area contributed by atoms with E-state index in [9.17, 15) is 4.79 Å². The lowest BCUT2D eigenvalue weighted by Gasteiger charge is -2.34. The van der Waals surface area contributed by atoms with Gasteiger partial charge in [-0.05, 0) is 25.3 Å². The van der Waals surface area contributed by atoms with Gasteiger partial charge in [0.05, 0.1) is 0 Å². The molecule has 0 atom stereocenters. The summed E-state index contributed by atoms with van der Waals surface area (Å²) in [5, 5.41) is 0. The molecule has 0 aromatic rings. The van der Waals surface area contributed by atoms with E-state index in [2.05, 4.69) is 4.90 Å². The number of hydrogen-bond donors (Lipinski definition) is 0. The molecule has 1 amide bonds. The lowest BCUT2D eigenvalue weighted by molar-refractivity contribution is -0.129. The number of carbonyl (C=O) groups is 1. The van der Waals surface area contributed by atoms with E-state index in [1.165, 1.54) is 32.1 Å². The minimum absolute atomic E-state index is 0.234. The molecule has 1 aliphatic heterocycles.